The molecule has 0 heterocycles. The molecule has 0 spiro atoms. The van der Waals surface area contributed by atoms with E-state index in [1.54, 1.807) is 36.4 Å². The third-order valence-corrected chi connectivity index (χ3v) is 3.81. The topological polar surface area (TPSA) is 43.4 Å². The molecule has 3 aromatic rings. The zero-order valence-corrected chi connectivity index (χ0v) is 13.4. The van der Waals surface area contributed by atoms with Gasteiger partial charge in [0.05, 0.1) is 17.2 Å². The predicted octanol–water partition coefficient (Wildman–Crippen LogP) is 4.54. The lowest BCUT2D eigenvalue weighted by Gasteiger charge is -2.28. The van der Waals surface area contributed by atoms with Crippen LogP contribution in [0.25, 0.3) is 0 Å². The standard InChI is InChI=1S/C20H14F3NO2/c21-20(22,23)14-7-6-10-16(13-14)24(15-8-2-1-3-9-15)18-12-5-4-11-17(18)19(25)26/h1-13H,(H,25,26)/p-1. The van der Waals surface area contributed by atoms with Crippen molar-refractivity contribution in [3.05, 3.63) is 90.0 Å². The van der Waals surface area contributed by atoms with Crippen LogP contribution in [0, 0.1) is 0 Å². The van der Waals surface area contributed by atoms with Crippen LogP contribution in [0.15, 0.2) is 78.9 Å². The maximum atomic E-state index is 13.1. The Hall–Kier alpha value is -3.28. The average Bonchev–Trinajstić information content (AvgIpc) is 2.63. The zero-order valence-electron chi connectivity index (χ0n) is 13.4. The van der Waals surface area contributed by atoms with E-state index in [2.05, 4.69) is 0 Å². The van der Waals surface area contributed by atoms with E-state index in [0.29, 0.717) is 5.69 Å². The third kappa shape index (κ3) is 3.54. The van der Waals surface area contributed by atoms with Gasteiger partial charge in [0.15, 0.2) is 0 Å². The van der Waals surface area contributed by atoms with Gasteiger partial charge in [0.2, 0.25) is 0 Å². The molecule has 0 aliphatic rings. The van der Waals surface area contributed by atoms with Crippen LogP contribution in [0.1, 0.15) is 15.9 Å². The van der Waals surface area contributed by atoms with E-state index in [-0.39, 0.29) is 16.9 Å². The third-order valence-electron chi connectivity index (χ3n) is 3.81. The average molecular weight is 356 g/mol. The van der Waals surface area contributed by atoms with Gasteiger partial charge in [-0.25, -0.2) is 0 Å². The number of nitrogens with zero attached hydrogens (tertiary/aromatic N) is 1. The molecular formula is C20H13F3NO2-. The van der Waals surface area contributed by atoms with Crippen LogP contribution in [0.4, 0.5) is 30.2 Å². The van der Waals surface area contributed by atoms with E-state index in [9.17, 15) is 23.1 Å². The zero-order chi connectivity index (χ0) is 18.7. The van der Waals surface area contributed by atoms with E-state index >= 15 is 0 Å². The largest absolute Gasteiger partial charge is 0.545 e. The Balaban J connectivity index is 2.23. The second-order valence-corrected chi connectivity index (χ2v) is 5.52. The van der Waals surface area contributed by atoms with Gasteiger partial charge in [-0.2, -0.15) is 13.2 Å². The van der Waals surface area contributed by atoms with Gasteiger partial charge >= 0.3 is 6.18 Å². The van der Waals surface area contributed by atoms with Gasteiger partial charge in [-0.05, 0) is 36.4 Å². The van der Waals surface area contributed by atoms with Crippen molar-refractivity contribution >= 4 is 23.0 Å². The molecule has 0 amide bonds. The van der Waals surface area contributed by atoms with Crippen LogP contribution in [0.5, 0.6) is 0 Å². The number of para-hydroxylation sites is 2. The number of anilines is 3. The summed E-state index contributed by atoms with van der Waals surface area (Å²) >= 11 is 0. The summed E-state index contributed by atoms with van der Waals surface area (Å²) in [4.78, 5) is 13.0. The minimum Gasteiger partial charge on any atom is -0.545 e. The molecule has 26 heavy (non-hydrogen) atoms. The first-order chi connectivity index (χ1) is 12.4. The fourth-order valence-corrected chi connectivity index (χ4v) is 2.67. The predicted molar refractivity (Wildman–Crippen MR) is 90.5 cm³/mol. The van der Waals surface area contributed by atoms with Crippen molar-refractivity contribution < 1.29 is 23.1 Å². The number of carbonyl (C=O) groups is 1. The number of rotatable bonds is 4. The maximum absolute atomic E-state index is 13.1. The number of hydrogen-bond donors (Lipinski definition) is 0. The van der Waals surface area contributed by atoms with Gasteiger partial charge in [0, 0.05) is 16.9 Å². The Kier molecular flexibility index (Phi) is 4.67. The van der Waals surface area contributed by atoms with Crippen LogP contribution >= 0.6 is 0 Å². The van der Waals surface area contributed by atoms with Gasteiger partial charge in [-0.3, -0.25) is 0 Å². The van der Waals surface area contributed by atoms with Gasteiger partial charge in [0.25, 0.3) is 0 Å². The SMILES string of the molecule is O=C([O-])c1ccccc1N(c1ccccc1)c1cccc(C(F)(F)F)c1. The highest BCUT2D eigenvalue weighted by molar-refractivity contribution is 5.96. The molecule has 6 heteroatoms. The molecular weight excluding hydrogens is 343 g/mol. The van der Waals surface area contributed by atoms with Crippen molar-refractivity contribution in [1.29, 1.82) is 0 Å². The number of carbonyl (C=O) groups excluding carboxylic acids is 1. The molecule has 0 aromatic heterocycles. The van der Waals surface area contributed by atoms with Crippen LogP contribution < -0.4 is 10.0 Å². The summed E-state index contributed by atoms with van der Waals surface area (Å²) in [5.74, 6) is -1.41. The first-order valence-corrected chi connectivity index (χ1v) is 7.71. The summed E-state index contributed by atoms with van der Waals surface area (Å²) < 4.78 is 39.4. The van der Waals surface area contributed by atoms with Crippen molar-refractivity contribution in [2.75, 3.05) is 4.90 Å². The minimum atomic E-state index is -4.51. The normalized spacial score (nSPS) is 11.2. The second kappa shape index (κ2) is 6.92. The van der Waals surface area contributed by atoms with Crippen LogP contribution in [0.3, 0.4) is 0 Å². The lowest BCUT2D eigenvalue weighted by Crippen LogP contribution is -2.25. The Labute approximate surface area is 147 Å². The van der Waals surface area contributed by atoms with Gasteiger partial charge in [-0.1, -0.05) is 42.5 Å². The highest BCUT2D eigenvalue weighted by atomic mass is 19.4. The number of aromatic carboxylic acids is 1. The number of benzene rings is 3. The van der Waals surface area contributed by atoms with Crippen molar-refractivity contribution in [1.82, 2.24) is 0 Å². The molecule has 0 saturated heterocycles. The van der Waals surface area contributed by atoms with Crippen LogP contribution in [-0.4, -0.2) is 5.97 Å². The van der Waals surface area contributed by atoms with Gasteiger partial charge < -0.3 is 14.8 Å². The maximum Gasteiger partial charge on any atom is 0.416 e. The number of hydrogen-bond acceptors (Lipinski definition) is 3. The van der Waals surface area contributed by atoms with E-state index < -0.39 is 17.7 Å². The van der Waals surface area contributed by atoms with Crippen LogP contribution in [0.2, 0.25) is 0 Å². The molecule has 0 aliphatic carbocycles. The molecule has 0 saturated carbocycles. The fraction of sp³-hybridized carbons (Fsp3) is 0.0500. The first kappa shape index (κ1) is 17.5. The molecule has 3 nitrogen and oxygen atoms in total. The summed E-state index contributed by atoms with van der Waals surface area (Å²) in [6.45, 7) is 0. The van der Waals surface area contributed by atoms with Crippen molar-refractivity contribution in [3.8, 4) is 0 Å². The molecule has 132 valence electrons. The molecule has 0 atom stereocenters. The highest BCUT2D eigenvalue weighted by Gasteiger charge is 2.31. The molecule has 0 bridgehead atoms. The quantitative estimate of drug-likeness (QED) is 0.689. The summed E-state index contributed by atoms with van der Waals surface area (Å²) in [6, 6.07) is 19.3. The lowest BCUT2D eigenvalue weighted by molar-refractivity contribution is -0.254. The van der Waals surface area contributed by atoms with Gasteiger partial charge in [-0.15, -0.1) is 0 Å². The van der Waals surface area contributed by atoms with E-state index in [4.69, 9.17) is 0 Å². The fourth-order valence-electron chi connectivity index (χ4n) is 2.67. The lowest BCUT2D eigenvalue weighted by atomic mass is 10.1. The summed E-state index contributed by atoms with van der Waals surface area (Å²) in [7, 11) is 0. The number of alkyl halides is 3. The molecule has 3 aromatic carbocycles. The van der Waals surface area contributed by atoms with Crippen molar-refractivity contribution in [2.45, 2.75) is 6.18 Å². The number of carboxylic acid groups (broad SMARTS) is 1. The smallest absolute Gasteiger partial charge is 0.416 e. The Morgan fingerprint density at radius 3 is 2.08 bits per heavy atom. The second-order valence-electron chi connectivity index (χ2n) is 5.52. The highest BCUT2D eigenvalue weighted by Crippen LogP contribution is 2.39. The van der Waals surface area contributed by atoms with E-state index in [0.717, 1.165) is 12.1 Å². The summed E-state index contributed by atoms with van der Waals surface area (Å²) in [6.07, 6.45) is -4.51. The van der Waals surface area contributed by atoms with Crippen molar-refractivity contribution in [3.63, 3.8) is 0 Å². The molecule has 0 aliphatic heterocycles. The molecule has 0 fully saturated rings. The van der Waals surface area contributed by atoms with E-state index in [1.165, 1.54) is 35.2 Å². The van der Waals surface area contributed by atoms with Crippen molar-refractivity contribution in [2.24, 2.45) is 0 Å². The first-order valence-electron chi connectivity index (χ1n) is 7.71. The minimum absolute atomic E-state index is 0.117. The Bertz CT molecular complexity index is 924. The molecule has 3 rings (SSSR count). The Morgan fingerprint density at radius 1 is 0.808 bits per heavy atom. The van der Waals surface area contributed by atoms with E-state index in [1.807, 2.05) is 0 Å². The van der Waals surface area contributed by atoms with Crippen LogP contribution in [-0.2, 0) is 6.18 Å². The molecule has 0 unspecified atom stereocenters. The number of halogens is 3. The van der Waals surface area contributed by atoms with Gasteiger partial charge in [0.1, 0.15) is 0 Å². The summed E-state index contributed by atoms with van der Waals surface area (Å²) in [5.41, 5.74) is 0.00824. The molecule has 0 N–H and O–H groups in total. The summed E-state index contributed by atoms with van der Waals surface area (Å²) in [5, 5.41) is 11.5. The number of carboxylic acids is 1. The molecule has 0 radical (unpaired) electrons. The Morgan fingerprint density at radius 2 is 1.42 bits per heavy atom. The monoisotopic (exact) mass is 356 g/mol.